The fraction of sp³-hybridized carbons (Fsp3) is 0.348. The lowest BCUT2D eigenvalue weighted by atomic mass is 10.2. The average molecular weight is 426 g/mol. The molecule has 1 amide bonds. The number of hydrogen-bond donors (Lipinski definition) is 1. The first-order valence-electron chi connectivity index (χ1n) is 10.1. The lowest BCUT2D eigenvalue weighted by Crippen LogP contribution is -2.35. The van der Waals surface area contributed by atoms with E-state index >= 15 is 0 Å². The Balaban J connectivity index is 1.90. The largest absolute Gasteiger partial charge is 0.497 e. The molecule has 0 bridgehead atoms. The number of thioether (sulfide) groups is 1. The molecule has 1 N–H and O–H groups in total. The second-order valence-corrected chi connectivity index (χ2v) is 7.96. The number of fused-ring (bicyclic) bond motifs is 1. The van der Waals surface area contributed by atoms with Gasteiger partial charge in [0.25, 0.3) is 5.56 Å². The Morgan fingerprint density at radius 1 is 1.13 bits per heavy atom. The highest BCUT2D eigenvalue weighted by Gasteiger charge is 2.15. The van der Waals surface area contributed by atoms with Crippen molar-refractivity contribution < 1.29 is 9.53 Å². The van der Waals surface area contributed by atoms with Crippen LogP contribution in [0, 0.1) is 0 Å². The van der Waals surface area contributed by atoms with Crippen LogP contribution in [0.3, 0.4) is 0 Å². The molecule has 0 atom stereocenters. The van der Waals surface area contributed by atoms with Crippen molar-refractivity contribution in [3.05, 3.63) is 64.4 Å². The third-order valence-electron chi connectivity index (χ3n) is 5.01. The summed E-state index contributed by atoms with van der Waals surface area (Å²) in [5.41, 5.74) is 1.48. The minimum Gasteiger partial charge on any atom is -0.497 e. The van der Waals surface area contributed by atoms with Crippen molar-refractivity contribution in [2.45, 2.75) is 44.4 Å². The zero-order chi connectivity index (χ0) is 21.5. The maximum absolute atomic E-state index is 13.2. The van der Waals surface area contributed by atoms with Crippen molar-refractivity contribution in [1.82, 2.24) is 14.9 Å². The van der Waals surface area contributed by atoms with E-state index in [4.69, 9.17) is 4.74 Å². The summed E-state index contributed by atoms with van der Waals surface area (Å²) < 4.78 is 6.85. The Morgan fingerprint density at radius 2 is 1.83 bits per heavy atom. The van der Waals surface area contributed by atoms with Gasteiger partial charge in [-0.1, -0.05) is 49.9 Å². The molecule has 158 valence electrons. The Bertz CT molecular complexity index is 1060. The average Bonchev–Trinajstić information content (AvgIpc) is 2.78. The fourth-order valence-corrected chi connectivity index (χ4v) is 4.01. The van der Waals surface area contributed by atoms with E-state index in [2.05, 4.69) is 24.1 Å². The molecule has 7 heteroatoms. The van der Waals surface area contributed by atoms with Gasteiger partial charge in [0, 0.05) is 6.04 Å². The Hall–Kier alpha value is -2.80. The number of nitrogens with one attached hydrogen (secondary N) is 1. The number of hydrogen-bond acceptors (Lipinski definition) is 5. The number of nitrogens with zero attached hydrogens (tertiary/aromatic N) is 2. The van der Waals surface area contributed by atoms with E-state index in [1.807, 2.05) is 42.5 Å². The van der Waals surface area contributed by atoms with Gasteiger partial charge in [-0.2, -0.15) is 0 Å². The highest BCUT2D eigenvalue weighted by atomic mass is 32.2. The molecule has 0 saturated carbocycles. The van der Waals surface area contributed by atoms with Gasteiger partial charge in [-0.25, -0.2) is 4.98 Å². The molecule has 0 radical (unpaired) electrons. The van der Waals surface area contributed by atoms with Gasteiger partial charge < -0.3 is 10.1 Å². The summed E-state index contributed by atoms with van der Waals surface area (Å²) in [6.45, 7) is 4.48. The quantitative estimate of drug-likeness (QED) is 0.416. The van der Waals surface area contributed by atoms with Crippen molar-refractivity contribution in [2.75, 3.05) is 12.9 Å². The number of benzene rings is 2. The number of aromatic nitrogens is 2. The first-order chi connectivity index (χ1) is 14.5. The first kappa shape index (κ1) is 21.9. The number of carbonyl (C=O) groups excluding carboxylic acids is 1. The number of methoxy groups -OCH3 is 1. The molecule has 30 heavy (non-hydrogen) atoms. The monoisotopic (exact) mass is 425 g/mol. The van der Waals surface area contributed by atoms with Gasteiger partial charge >= 0.3 is 0 Å². The predicted octanol–water partition coefficient (Wildman–Crippen LogP) is 3.85. The van der Waals surface area contributed by atoms with E-state index in [0.717, 1.165) is 24.2 Å². The lowest BCUT2D eigenvalue weighted by Gasteiger charge is -2.16. The zero-order valence-corrected chi connectivity index (χ0v) is 18.4. The topological polar surface area (TPSA) is 73.2 Å². The second-order valence-electron chi connectivity index (χ2n) is 7.02. The summed E-state index contributed by atoms with van der Waals surface area (Å²) in [7, 11) is 1.62. The Kier molecular flexibility index (Phi) is 7.52. The molecule has 1 aromatic heterocycles. The van der Waals surface area contributed by atoms with E-state index in [-0.39, 0.29) is 23.3 Å². The lowest BCUT2D eigenvalue weighted by molar-refractivity contribution is -0.119. The Labute approximate surface area is 180 Å². The molecule has 1 heterocycles. The predicted molar refractivity (Wildman–Crippen MR) is 121 cm³/mol. The summed E-state index contributed by atoms with van der Waals surface area (Å²) in [5, 5.41) is 4.13. The number of para-hydroxylation sites is 1. The normalized spacial score (nSPS) is 11.1. The third kappa shape index (κ3) is 5.21. The van der Waals surface area contributed by atoms with Crippen molar-refractivity contribution in [1.29, 1.82) is 0 Å². The third-order valence-corrected chi connectivity index (χ3v) is 5.99. The Morgan fingerprint density at radius 3 is 2.50 bits per heavy atom. The number of carbonyl (C=O) groups is 1. The highest BCUT2D eigenvalue weighted by molar-refractivity contribution is 7.99. The fourth-order valence-electron chi connectivity index (χ4n) is 3.20. The molecular weight excluding hydrogens is 398 g/mol. The van der Waals surface area contributed by atoms with Crippen LogP contribution in [0.4, 0.5) is 0 Å². The van der Waals surface area contributed by atoms with Gasteiger partial charge in [0.15, 0.2) is 5.16 Å². The van der Waals surface area contributed by atoms with Crippen molar-refractivity contribution >= 4 is 28.6 Å². The summed E-state index contributed by atoms with van der Waals surface area (Å²) in [6.07, 6.45) is 1.78. The van der Waals surface area contributed by atoms with Crippen LogP contribution in [-0.4, -0.2) is 34.4 Å². The van der Waals surface area contributed by atoms with Crippen molar-refractivity contribution in [3.8, 4) is 5.75 Å². The van der Waals surface area contributed by atoms with Crippen LogP contribution in [0.1, 0.15) is 32.3 Å². The number of rotatable bonds is 9. The van der Waals surface area contributed by atoms with Crippen molar-refractivity contribution in [2.24, 2.45) is 0 Å². The molecular formula is C23H27N3O3S. The number of ether oxygens (including phenoxy) is 1. The van der Waals surface area contributed by atoms with Crippen molar-refractivity contribution in [3.63, 3.8) is 0 Å². The van der Waals surface area contributed by atoms with Crippen LogP contribution in [0.15, 0.2) is 58.5 Å². The van der Waals surface area contributed by atoms with Crippen LogP contribution in [0.5, 0.6) is 5.75 Å². The van der Waals surface area contributed by atoms with E-state index < -0.39 is 0 Å². The van der Waals surface area contributed by atoms with E-state index in [0.29, 0.717) is 22.6 Å². The smallest absolute Gasteiger partial charge is 0.262 e. The first-order valence-corrected chi connectivity index (χ1v) is 11.1. The van der Waals surface area contributed by atoms with E-state index in [1.54, 1.807) is 17.7 Å². The molecule has 3 aromatic rings. The SMILES string of the molecule is CCC(CC)NC(=O)CSc1nc2ccccc2c(=O)n1Cc1ccc(OC)cc1. The zero-order valence-electron chi connectivity index (χ0n) is 17.6. The molecule has 0 saturated heterocycles. The van der Waals surface area contributed by atoms with Gasteiger partial charge in [0.2, 0.25) is 5.91 Å². The second kappa shape index (κ2) is 10.3. The summed E-state index contributed by atoms with van der Waals surface area (Å²) in [4.78, 5) is 30.2. The molecule has 0 fully saturated rings. The molecule has 0 unspecified atom stereocenters. The highest BCUT2D eigenvalue weighted by Crippen LogP contribution is 2.20. The molecule has 3 rings (SSSR count). The maximum atomic E-state index is 13.2. The van der Waals surface area contributed by atoms with Crippen LogP contribution < -0.4 is 15.6 Å². The minimum atomic E-state index is -0.112. The van der Waals surface area contributed by atoms with Gasteiger partial charge in [-0.15, -0.1) is 0 Å². The molecule has 0 spiro atoms. The molecule has 6 nitrogen and oxygen atoms in total. The summed E-state index contributed by atoms with van der Waals surface area (Å²) in [6, 6.07) is 15.0. The van der Waals surface area contributed by atoms with Crippen LogP contribution in [-0.2, 0) is 11.3 Å². The van der Waals surface area contributed by atoms with E-state index in [1.165, 1.54) is 11.8 Å². The summed E-state index contributed by atoms with van der Waals surface area (Å²) >= 11 is 1.29. The van der Waals surface area contributed by atoms with Gasteiger partial charge in [0.1, 0.15) is 5.75 Å². The summed E-state index contributed by atoms with van der Waals surface area (Å²) in [5.74, 6) is 0.923. The van der Waals surface area contributed by atoms with Gasteiger partial charge in [0.05, 0.1) is 30.3 Å². The van der Waals surface area contributed by atoms with E-state index in [9.17, 15) is 9.59 Å². The number of amides is 1. The standard InChI is InChI=1S/C23H27N3O3S/c1-4-17(5-2)24-21(27)15-30-23-25-20-9-7-6-8-19(20)22(28)26(23)14-16-10-12-18(29-3)13-11-16/h6-13,17H,4-5,14-15H2,1-3H3,(H,24,27). The minimum absolute atomic E-state index is 0.0490. The maximum Gasteiger partial charge on any atom is 0.262 e. The molecule has 0 aliphatic rings. The van der Waals surface area contributed by atoms with Gasteiger partial charge in [-0.05, 0) is 42.7 Å². The van der Waals surface area contributed by atoms with Crippen LogP contribution >= 0.6 is 11.8 Å². The van der Waals surface area contributed by atoms with Crippen LogP contribution in [0.2, 0.25) is 0 Å². The molecule has 0 aliphatic carbocycles. The van der Waals surface area contributed by atoms with Gasteiger partial charge in [-0.3, -0.25) is 14.2 Å². The molecule has 0 aliphatic heterocycles. The van der Waals surface area contributed by atoms with Crippen LogP contribution in [0.25, 0.3) is 10.9 Å². The molecule has 2 aromatic carbocycles.